The Morgan fingerprint density at radius 3 is 3.00 bits per heavy atom. The third kappa shape index (κ3) is 1.54. The summed E-state index contributed by atoms with van der Waals surface area (Å²) in [7, 11) is 1.86. The molecule has 3 nitrogen and oxygen atoms in total. The molecular weight excluding hydrogens is 148 g/mol. The van der Waals surface area contributed by atoms with E-state index in [2.05, 4.69) is 17.2 Å². The van der Waals surface area contributed by atoms with Crippen molar-refractivity contribution in [1.82, 2.24) is 9.55 Å². The van der Waals surface area contributed by atoms with E-state index in [9.17, 15) is 0 Å². The molecule has 4 heteroatoms. The number of imidazole rings is 1. The number of aliphatic hydroxyl groups excluding tert-OH is 1. The maximum atomic E-state index is 8.73. The highest BCUT2D eigenvalue weighted by atomic mass is 32.1. The van der Waals surface area contributed by atoms with Gasteiger partial charge in [-0.05, 0) is 12.2 Å². The van der Waals surface area contributed by atoms with Gasteiger partial charge in [0, 0.05) is 19.4 Å². The summed E-state index contributed by atoms with van der Waals surface area (Å²) >= 11 is 4.51. The van der Waals surface area contributed by atoms with Gasteiger partial charge in [-0.3, -0.25) is 0 Å². The summed E-state index contributed by atoms with van der Waals surface area (Å²) in [6.45, 7) is 0. The maximum Gasteiger partial charge on any atom is 0.164 e. The number of nitrogens with zero attached hydrogens (tertiary/aromatic N) is 2. The first-order chi connectivity index (χ1) is 4.70. The van der Waals surface area contributed by atoms with Crippen LogP contribution in [0.15, 0.2) is 12.4 Å². The van der Waals surface area contributed by atoms with Crippen LogP contribution in [0.25, 0.3) is 0 Å². The van der Waals surface area contributed by atoms with E-state index < -0.39 is 0 Å². The van der Waals surface area contributed by atoms with E-state index in [-0.39, 0.29) is 5.05 Å². The van der Waals surface area contributed by atoms with Gasteiger partial charge in [-0.1, -0.05) is 0 Å². The molecule has 1 heterocycles. The zero-order chi connectivity index (χ0) is 7.56. The second-order valence-electron chi connectivity index (χ2n) is 2.02. The fraction of sp³-hybridized carbons (Fsp3) is 0.333. The lowest BCUT2D eigenvalue weighted by atomic mass is 10.4. The molecule has 1 N–H and O–H groups in total. The zero-order valence-corrected chi connectivity index (χ0v) is 6.43. The van der Waals surface area contributed by atoms with Crippen LogP contribution in [0, 0.1) is 0 Å². The van der Waals surface area contributed by atoms with Gasteiger partial charge in [-0.15, -0.1) is 0 Å². The van der Waals surface area contributed by atoms with Gasteiger partial charge in [0.1, 0.15) is 5.82 Å². The second-order valence-corrected chi connectivity index (χ2v) is 2.50. The maximum absolute atomic E-state index is 8.73. The molecule has 10 heavy (non-hydrogen) atoms. The van der Waals surface area contributed by atoms with Crippen molar-refractivity contribution in [3.8, 4) is 0 Å². The Hall–Kier alpha value is -0.900. The fourth-order valence-corrected chi connectivity index (χ4v) is 0.831. The topological polar surface area (TPSA) is 38.0 Å². The molecule has 0 saturated heterocycles. The smallest absolute Gasteiger partial charge is 0.164 e. The molecule has 0 aliphatic rings. The van der Waals surface area contributed by atoms with Crippen LogP contribution in [0.4, 0.5) is 0 Å². The first-order valence-electron chi connectivity index (χ1n) is 2.88. The van der Waals surface area contributed by atoms with Gasteiger partial charge in [-0.2, -0.15) is 0 Å². The van der Waals surface area contributed by atoms with Gasteiger partial charge in [0.25, 0.3) is 0 Å². The number of aryl methyl sites for hydroxylation is 1. The highest BCUT2D eigenvalue weighted by molar-refractivity contribution is 7.80. The molecule has 0 spiro atoms. The van der Waals surface area contributed by atoms with E-state index >= 15 is 0 Å². The first-order valence-corrected chi connectivity index (χ1v) is 3.29. The predicted octanol–water partition coefficient (Wildman–Crippen LogP) is 0.848. The Morgan fingerprint density at radius 1 is 1.90 bits per heavy atom. The summed E-state index contributed by atoms with van der Waals surface area (Å²) in [6.07, 6.45) is 3.85. The Balaban J connectivity index is 2.74. The van der Waals surface area contributed by atoms with Crippen LogP contribution in [0.2, 0.25) is 0 Å². The summed E-state index contributed by atoms with van der Waals surface area (Å²) in [5, 5.41) is 8.71. The van der Waals surface area contributed by atoms with Crippen molar-refractivity contribution in [2.24, 2.45) is 7.05 Å². The molecule has 0 aliphatic heterocycles. The first kappa shape index (κ1) is 7.21. The molecule has 0 atom stereocenters. The monoisotopic (exact) mass is 156 g/mol. The van der Waals surface area contributed by atoms with Gasteiger partial charge < -0.3 is 9.67 Å². The van der Waals surface area contributed by atoms with Gasteiger partial charge >= 0.3 is 0 Å². The summed E-state index contributed by atoms with van der Waals surface area (Å²) in [5.74, 6) is 0.785. The molecule has 0 saturated carbocycles. The molecule has 0 unspecified atom stereocenters. The third-order valence-electron chi connectivity index (χ3n) is 1.23. The van der Waals surface area contributed by atoms with Crippen LogP contribution in [-0.4, -0.2) is 19.7 Å². The van der Waals surface area contributed by atoms with Crippen LogP contribution in [0.5, 0.6) is 0 Å². The predicted molar refractivity (Wildman–Crippen MR) is 42.1 cm³/mol. The number of thiocarbonyl (C=S) groups is 1. The van der Waals surface area contributed by atoms with Crippen LogP contribution < -0.4 is 0 Å². The van der Waals surface area contributed by atoms with Crippen molar-refractivity contribution in [3.05, 3.63) is 18.2 Å². The van der Waals surface area contributed by atoms with Gasteiger partial charge in [0.2, 0.25) is 0 Å². The minimum atomic E-state index is -0.0192. The third-order valence-corrected chi connectivity index (χ3v) is 1.37. The van der Waals surface area contributed by atoms with Crippen LogP contribution >= 0.6 is 12.2 Å². The fourth-order valence-electron chi connectivity index (χ4n) is 0.702. The summed E-state index contributed by atoms with van der Waals surface area (Å²) in [6, 6.07) is 0. The van der Waals surface area contributed by atoms with E-state index in [1.54, 1.807) is 6.20 Å². The minimum Gasteiger partial charge on any atom is -0.502 e. The molecule has 0 amide bonds. The normalized spacial score (nSPS) is 9.70. The Bertz CT molecular complexity index is 244. The van der Waals surface area contributed by atoms with Gasteiger partial charge in [-0.25, -0.2) is 4.98 Å². The highest BCUT2D eigenvalue weighted by Crippen LogP contribution is 1.95. The van der Waals surface area contributed by atoms with Crippen molar-refractivity contribution in [3.63, 3.8) is 0 Å². The van der Waals surface area contributed by atoms with E-state index in [0.717, 1.165) is 5.82 Å². The van der Waals surface area contributed by atoms with Gasteiger partial charge in [0.15, 0.2) is 5.05 Å². The lowest BCUT2D eigenvalue weighted by Gasteiger charge is -1.96. The van der Waals surface area contributed by atoms with Crippen molar-refractivity contribution < 1.29 is 5.11 Å². The van der Waals surface area contributed by atoms with E-state index in [4.69, 9.17) is 5.11 Å². The molecule has 0 fully saturated rings. The van der Waals surface area contributed by atoms with Crippen molar-refractivity contribution >= 4 is 17.3 Å². The Kier molecular flexibility index (Phi) is 2.01. The molecule has 0 radical (unpaired) electrons. The lowest BCUT2D eigenvalue weighted by Crippen LogP contribution is -2.04. The number of hydrogen-bond donors (Lipinski definition) is 1. The van der Waals surface area contributed by atoms with Crippen molar-refractivity contribution in [1.29, 1.82) is 0 Å². The second kappa shape index (κ2) is 2.79. The average molecular weight is 156 g/mol. The number of rotatable bonds is 2. The lowest BCUT2D eigenvalue weighted by molar-refractivity contribution is 0.551. The molecule has 0 aliphatic carbocycles. The van der Waals surface area contributed by atoms with Crippen LogP contribution in [0.1, 0.15) is 5.82 Å². The number of hydrogen-bond acceptors (Lipinski definition) is 2. The Labute approximate surface area is 64.3 Å². The average Bonchev–Trinajstić information content (AvgIpc) is 2.15. The number of aliphatic hydroxyl groups is 1. The molecule has 54 valence electrons. The number of aromatic nitrogens is 2. The van der Waals surface area contributed by atoms with E-state index in [1.165, 1.54) is 0 Å². The minimum absolute atomic E-state index is 0.0192. The van der Waals surface area contributed by atoms with Crippen LogP contribution in [0.3, 0.4) is 0 Å². The standard InChI is InChI=1S/C6H8N2OS/c1-8-3-2-7-5(8)4-6(9)10/h2-3H,4H2,1H3,(H,9,10). The molecular formula is C6H8N2OS. The molecule has 1 aromatic heterocycles. The van der Waals surface area contributed by atoms with Crippen molar-refractivity contribution in [2.75, 3.05) is 0 Å². The SMILES string of the molecule is Cn1ccnc1CC(O)=S. The molecule has 1 aromatic rings. The summed E-state index contributed by atoms with van der Waals surface area (Å²) in [4.78, 5) is 3.97. The quantitative estimate of drug-likeness (QED) is 0.645. The van der Waals surface area contributed by atoms with Crippen LogP contribution in [-0.2, 0) is 13.5 Å². The summed E-state index contributed by atoms with van der Waals surface area (Å²) in [5.41, 5.74) is 0. The van der Waals surface area contributed by atoms with Gasteiger partial charge in [0.05, 0.1) is 6.42 Å². The highest BCUT2D eigenvalue weighted by Gasteiger charge is 2.00. The molecule has 1 rings (SSSR count). The largest absolute Gasteiger partial charge is 0.502 e. The van der Waals surface area contributed by atoms with E-state index in [0.29, 0.717) is 6.42 Å². The van der Waals surface area contributed by atoms with E-state index in [1.807, 2.05) is 17.8 Å². The Morgan fingerprint density at radius 2 is 2.60 bits per heavy atom. The van der Waals surface area contributed by atoms with Crippen molar-refractivity contribution in [2.45, 2.75) is 6.42 Å². The summed E-state index contributed by atoms with van der Waals surface area (Å²) < 4.78 is 1.82. The zero-order valence-electron chi connectivity index (χ0n) is 5.61. The molecule has 0 bridgehead atoms. The molecule has 0 aromatic carbocycles.